The lowest BCUT2D eigenvalue weighted by Crippen LogP contribution is -2.32. The number of hydrogen-bond donors (Lipinski definition) is 6. The molecule has 0 aromatic carbocycles. The highest BCUT2D eigenvalue weighted by Crippen LogP contribution is 2.36. The Balaban J connectivity index is 2.28. The Kier molecular flexibility index (Phi) is 4.68. The van der Waals surface area contributed by atoms with Crippen LogP contribution in [0.25, 0.3) is 0 Å². The topological polar surface area (TPSA) is 132 Å². The zero-order valence-corrected chi connectivity index (χ0v) is 11.2. The van der Waals surface area contributed by atoms with Crippen molar-refractivity contribution in [1.82, 2.24) is 15.4 Å². The molecule has 1 aromatic heterocycles. The minimum atomic E-state index is -1.15. The molecule has 0 bridgehead atoms. The maximum atomic E-state index is 10.0. The molecule has 2 heterocycles. The van der Waals surface area contributed by atoms with Crippen LogP contribution in [0, 0.1) is 0 Å². The van der Waals surface area contributed by atoms with Gasteiger partial charge in [0.15, 0.2) is 0 Å². The third kappa shape index (κ3) is 2.67. The van der Waals surface area contributed by atoms with Crippen molar-refractivity contribution in [2.45, 2.75) is 24.4 Å². The Morgan fingerprint density at radius 2 is 2.05 bits per heavy atom. The second-order valence-electron chi connectivity index (χ2n) is 4.38. The van der Waals surface area contributed by atoms with E-state index in [1.807, 2.05) is 0 Å². The van der Waals surface area contributed by atoms with Crippen molar-refractivity contribution in [3.8, 4) is 0 Å². The number of nitrogens with one attached hydrogen (secondary N) is 3. The molecule has 112 valence electrons. The van der Waals surface area contributed by atoms with Crippen LogP contribution in [0.15, 0.2) is 6.20 Å². The van der Waals surface area contributed by atoms with Crippen molar-refractivity contribution < 1.29 is 20.1 Å². The van der Waals surface area contributed by atoms with E-state index >= 15 is 0 Å². The van der Waals surface area contributed by atoms with Crippen LogP contribution in [-0.2, 0) is 4.74 Å². The zero-order valence-electron chi connectivity index (χ0n) is 11.2. The van der Waals surface area contributed by atoms with Gasteiger partial charge in [0.25, 0.3) is 0 Å². The van der Waals surface area contributed by atoms with E-state index in [1.165, 1.54) is 6.20 Å². The number of aliphatic hydroxyl groups excluding tert-OH is 3. The molecular formula is C11H19N5O4. The van der Waals surface area contributed by atoms with Crippen LogP contribution in [0.1, 0.15) is 11.7 Å². The van der Waals surface area contributed by atoms with Crippen molar-refractivity contribution in [1.29, 1.82) is 0 Å². The lowest BCUT2D eigenvalue weighted by molar-refractivity contribution is -0.0227. The molecule has 6 N–H and O–H groups in total. The summed E-state index contributed by atoms with van der Waals surface area (Å²) in [5.41, 5.74) is 5.95. The van der Waals surface area contributed by atoms with E-state index in [-0.39, 0.29) is 6.61 Å². The van der Waals surface area contributed by atoms with Gasteiger partial charge in [-0.05, 0) is 0 Å². The van der Waals surface area contributed by atoms with Crippen LogP contribution in [0.5, 0.6) is 0 Å². The van der Waals surface area contributed by atoms with Gasteiger partial charge in [-0.25, -0.2) is 10.4 Å². The molecule has 1 fully saturated rings. The van der Waals surface area contributed by atoms with Gasteiger partial charge in [-0.1, -0.05) is 0 Å². The quantitative estimate of drug-likeness (QED) is 0.347. The fourth-order valence-electron chi connectivity index (χ4n) is 2.13. The van der Waals surface area contributed by atoms with Gasteiger partial charge >= 0.3 is 0 Å². The van der Waals surface area contributed by atoms with Gasteiger partial charge in [0.2, 0.25) is 5.95 Å². The van der Waals surface area contributed by atoms with Crippen LogP contribution >= 0.6 is 0 Å². The lowest BCUT2D eigenvalue weighted by atomic mass is 10.0. The Morgan fingerprint density at radius 1 is 1.30 bits per heavy atom. The predicted molar refractivity (Wildman–Crippen MR) is 71.0 cm³/mol. The number of hydrogen-bond acceptors (Lipinski definition) is 9. The van der Waals surface area contributed by atoms with Crippen molar-refractivity contribution in [3.63, 3.8) is 0 Å². The van der Waals surface area contributed by atoms with E-state index in [0.29, 0.717) is 17.3 Å². The first kappa shape index (κ1) is 14.9. The van der Waals surface area contributed by atoms with Gasteiger partial charge in [-0.2, -0.15) is 4.98 Å². The van der Waals surface area contributed by atoms with E-state index in [1.54, 1.807) is 14.1 Å². The van der Waals surface area contributed by atoms with E-state index in [2.05, 4.69) is 26.1 Å². The van der Waals surface area contributed by atoms with Crippen molar-refractivity contribution in [2.24, 2.45) is 0 Å². The molecule has 4 unspecified atom stereocenters. The van der Waals surface area contributed by atoms with Gasteiger partial charge in [-0.15, -0.1) is 0 Å². The summed E-state index contributed by atoms with van der Waals surface area (Å²) in [6, 6.07) is 0. The van der Waals surface area contributed by atoms with Crippen LogP contribution in [0.4, 0.5) is 11.8 Å². The summed E-state index contributed by atoms with van der Waals surface area (Å²) in [6.07, 6.45) is -2.42. The highest BCUT2D eigenvalue weighted by molar-refractivity contribution is 5.48. The highest BCUT2D eigenvalue weighted by Gasteiger charge is 2.44. The number of aromatic nitrogens is 2. The van der Waals surface area contributed by atoms with Gasteiger partial charge in [0.1, 0.15) is 30.2 Å². The first-order chi connectivity index (χ1) is 9.62. The smallest absolute Gasteiger partial charge is 0.239 e. The minimum absolute atomic E-state index is 0.354. The molecule has 1 aliphatic heterocycles. The number of nitrogens with zero attached hydrogens (tertiary/aromatic N) is 2. The molecule has 1 aliphatic rings. The molecule has 4 atom stereocenters. The third-order valence-corrected chi connectivity index (χ3v) is 3.14. The minimum Gasteiger partial charge on any atom is -0.394 e. The van der Waals surface area contributed by atoms with Gasteiger partial charge < -0.3 is 25.4 Å². The molecule has 9 heteroatoms. The van der Waals surface area contributed by atoms with Crippen LogP contribution < -0.4 is 16.2 Å². The largest absolute Gasteiger partial charge is 0.394 e. The number of ether oxygens (including phenoxy) is 1. The van der Waals surface area contributed by atoms with Crippen LogP contribution in [0.3, 0.4) is 0 Å². The third-order valence-electron chi connectivity index (χ3n) is 3.14. The van der Waals surface area contributed by atoms with Gasteiger partial charge in [0, 0.05) is 25.9 Å². The monoisotopic (exact) mass is 285 g/mol. The maximum Gasteiger partial charge on any atom is 0.239 e. The Bertz CT molecular complexity index is 460. The summed E-state index contributed by atoms with van der Waals surface area (Å²) >= 11 is 0. The maximum absolute atomic E-state index is 10.0. The molecular weight excluding hydrogens is 266 g/mol. The molecule has 1 saturated heterocycles. The van der Waals surface area contributed by atoms with E-state index in [9.17, 15) is 10.2 Å². The van der Waals surface area contributed by atoms with E-state index < -0.39 is 24.4 Å². The molecule has 2 rings (SSSR count). The SMILES string of the molecule is CNNc1ncc(C2OC(CO)C(O)C2O)c(NC)n1. The summed E-state index contributed by atoms with van der Waals surface area (Å²) in [6.45, 7) is -0.371. The number of anilines is 2. The van der Waals surface area contributed by atoms with Crippen molar-refractivity contribution in [3.05, 3.63) is 11.8 Å². The molecule has 0 radical (unpaired) electrons. The fraction of sp³-hybridized carbons (Fsp3) is 0.636. The predicted octanol–water partition coefficient (Wildman–Crippen LogP) is -1.78. The van der Waals surface area contributed by atoms with E-state index in [4.69, 9.17) is 9.84 Å². The molecule has 9 nitrogen and oxygen atoms in total. The second kappa shape index (κ2) is 6.29. The van der Waals surface area contributed by atoms with Gasteiger partial charge in [-0.3, -0.25) is 5.43 Å². The summed E-state index contributed by atoms with van der Waals surface area (Å²) in [4.78, 5) is 8.28. The first-order valence-corrected chi connectivity index (χ1v) is 6.22. The number of hydrazine groups is 1. The normalized spacial score (nSPS) is 29.4. The summed E-state index contributed by atoms with van der Waals surface area (Å²) in [5, 5.41) is 31.8. The molecule has 0 spiro atoms. The Hall–Kier alpha value is -1.52. The number of rotatable bonds is 5. The molecule has 1 aromatic rings. The fourth-order valence-corrected chi connectivity index (χ4v) is 2.13. The average molecular weight is 285 g/mol. The summed E-state index contributed by atoms with van der Waals surface area (Å²) in [7, 11) is 3.36. The summed E-state index contributed by atoms with van der Waals surface area (Å²) in [5.74, 6) is 0.819. The average Bonchev–Trinajstić information content (AvgIpc) is 2.75. The molecule has 0 amide bonds. The van der Waals surface area contributed by atoms with E-state index in [0.717, 1.165) is 0 Å². The van der Waals surface area contributed by atoms with Gasteiger partial charge in [0.05, 0.1) is 6.61 Å². The van der Waals surface area contributed by atoms with Crippen LogP contribution in [0.2, 0.25) is 0 Å². The Labute approximate surface area is 116 Å². The molecule has 0 aliphatic carbocycles. The second-order valence-corrected chi connectivity index (χ2v) is 4.38. The number of aliphatic hydroxyl groups is 3. The summed E-state index contributed by atoms with van der Waals surface area (Å²) < 4.78 is 5.46. The Morgan fingerprint density at radius 3 is 2.60 bits per heavy atom. The first-order valence-electron chi connectivity index (χ1n) is 6.22. The van der Waals surface area contributed by atoms with Crippen molar-refractivity contribution >= 4 is 11.8 Å². The molecule has 20 heavy (non-hydrogen) atoms. The molecule has 0 saturated carbocycles. The highest BCUT2D eigenvalue weighted by atomic mass is 16.6. The van der Waals surface area contributed by atoms with Crippen LogP contribution in [-0.4, -0.2) is 64.3 Å². The lowest BCUT2D eigenvalue weighted by Gasteiger charge is -2.18. The zero-order chi connectivity index (χ0) is 14.7. The van der Waals surface area contributed by atoms with Crippen molar-refractivity contribution in [2.75, 3.05) is 31.4 Å². The standard InChI is InChI=1S/C11H19N5O4/c1-12-10-5(3-14-11(15-10)16-13-2)9-8(19)7(18)6(4-17)20-9/h3,6-9,13,17-19H,4H2,1-2H3,(H2,12,14,15,16).